The van der Waals surface area contributed by atoms with E-state index in [1.165, 1.54) is 5.56 Å². The molecule has 122 valence electrons. The number of hydrogen-bond donors (Lipinski definition) is 1. The van der Waals surface area contributed by atoms with Crippen LogP contribution in [0, 0.1) is 6.92 Å². The second kappa shape index (κ2) is 7.33. The van der Waals surface area contributed by atoms with Crippen LogP contribution in [0.1, 0.15) is 17.7 Å². The fourth-order valence-electron chi connectivity index (χ4n) is 2.65. The molecule has 3 rings (SSSR count). The molecule has 1 aromatic carbocycles. The van der Waals surface area contributed by atoms with Gasteiger partial charge < -0.3 is 14.8 Å². The van der Waals surface area contributed by atoms with E-state index in [0.29, 0.717) is 6.61 Å². The van der Waals surface area contributed by atoms with Crippen LogP contribution in [0.15, 0.2) is 43.1 Å². The number of fused-ring (bicyclic) bond motifs is 1. The van der Waals surface area contributed by atoms with E-state index in [2.05, 4.69) is 23.2 Å². The molecule has 0 fully saturated rings. The third kappa shape index (κ3) is 3.93. The smallest absolute Gasteiger partial charge is 0.161 e. The van der Waals surface area contributed by atoms with E-state index in [-0.39, 0.29) is 6.10 Å². The first-order valence-corrected chi connectivity index (χ1v) is 7.99. The lowest BCUT2D eigenvalue weighted by Crippen LogP contribution is -2.32. The van der Waals surface area contributed by atoms with Gasteiger partial charge in [0.1, 0.15) is 12.7 Å². The average molecular weight is 313 g/mol. The Morgan fingerprint density at radius 1 is 1.39 bits per heavy atom. The Kier molecular flexibility index (Phi) is 4.98. The maximum atomic E-state index is 5.95. The van der Waals surface area contributed by atoms with Gasteiger partial charge in [0.25, 0.3) is 0 Å². The van der Waals surface area contributed by atoms with Gasteiger partial charge in [-0.2, -0.15) is 5.10 Å². The van der Waals surface area contributed by atoms with Gasteiger partial charge in [0.2, 0.25) is 0 Å². The van der Waals surface area contributed by atoms with E-state index >= 15 is 0 Å². The first-order valence-electron chi connectivity index (χ1n) is 7.99. The van der Waals surface area contributed by atoms with Gasteiger partial charge in [-0.1, -0.05) is 18.2 Å². The number of nitrogens with one attached hydrogen (secondary N) is 1. The summed E-state index contributed by atoms with van der Waals surface area (Å²) < 4.78 is 13.6. The van der Waals surface area contributed by atoms with Crippen molar-refractivity contribution in [3.63, 3.8) is 0 Å². The van der Waals surface area contributed by atoms with Crippen molar-refractivity contribution >= 4 is 0 Å². The maximum Gasteiger partial charge on any atom is 0.161 e. The number of aromatic nitrogens is 2. The van der Waals surface area contributed by atoms with Gasteiger partial charge >= 0.3 is 0 Å². The lowest BCUT2D eigenvalue weighted by molar-refractivity contribution is 0.0849. The summed E-state index contributed by atoms with van der Waals surface area (Å²) in [5, 5.41) is 7.91. The molecule has 1 N–H and O–H groups in total. The molecule has 1 aliphatic rings. The molecule has 0 aliphatic carbocycles. The molecule has 0 bridgehead atoms. The van der Waals surface area contributed by atoms with E-state index in [9.17, 15) is 0 Å². The number of rotatable bonds is 7. The van der Waals surface area contributed by atoms with Crippen molar-refractivity contribution in [2.75, 3.05) is 13.2 Å². The quantitative estimate of drug-likeness (QED) is 0.631. The Labute approximate surface area is 136 Å². The Morgan fingerprint density at radius 3 is 3.04 bits per heavy atom. The van der Waals surface area contributed by atoms with Gasteiger partial charge in [-0.3, -0.25) is 4.68 Å². The van der Waals surface area contributed by atoms with Crippen LogP contribution in [-0.2, 0) is 13.1 Å². The summed E-state index contributed by atoms with van der Waals surface area (Å²) in [6.45, 7) is 8.81. The zero-order chi connectivity index (χ0) is 16.1. The molecule has 1 aromatic heterocycles. The Hall–Kier alpha value is -2.27. The summed E-state index contributed by atoms with van der Waals surface area (Å²) in [4.78, 5) is 0. The molecule has 5 heteroatoms. The van der Waals surface area contributed by atoms with Crippen LogP contribution in [0.4, 0.5) is 0 Å². The van der Waals surface area contributed by atoms with E-state index in [1.54, 1.807) is 0 Å². The predicted molar refractivity (Wildman–Crippen MR) is 89.8 cm³/mol. The summed E-state index contributed by atoms with van der Waals surface area (Å²) in [6, 6.07) is 7.81. The molecule has 0 saturated heterocycles. The molecule has 1 aliphatic heterocycles. The van der Waals surface area contributed by atoms with Gasteiger partial charge in [-0.25, -0.2) is 0 Å². The highest BCUT2D eigenvalue weighted by atomic mass is 16.6. The summed E-state index contributed by atoms with van der Waals surface area (Å²) in [5.74, 6) is 1.67. The zero-order valence-electron chi connectivity index (χ0n) is 13.5. The van der Waals surface area contributed by atoms with Crippen LogP contribution < -0.4 is 14.8 Å². The van der Waals surface area contributed by atoms with Crippen molar-refractivity contribution in [3.8, 4) is 11.5 Å². The summed E-state index contributed by atoms with van der Waals surface area (Å²) in [6.07, 6.45) is 4.93. The molecular weight excluding hydrogens is 290 g/mol. The van der Waals surface area contributed by atoms with Gasteiger partial charge in [0.05, 0.1) is 12.2 Å². The van der Waals surface area contributed by atoms with Crippen molar-refractivity contribution in [1.82, 2.24) is 15.1 Å². The molecule has 2 heterocycles. The second-order valence-electron chi connectivity index (χ2n) is 5.71. The number of ether oxygens (including phenoxy) is 2. The lowest BCUT2D eigenvalue weighted by Gasteiger charge is -2.26. The molecule has 0 saturated carbocycles. The third-order valence-corrected chi connectivity index (χ3v) is 3.89. The monoisotopic (exact) mass is 313 g/mol. The molecule has 23 heavy (non-hydrogen) atoms. The summed E-state index contributed by atoms with van der Waals surface area (Å²) >= 11 is 0. The van der Waals surface area contributed by atoms with Gasteiger partial charge in [-0.05, 0) is 25.6 Å². The standard InChI is InChI=1S/C18H23N3O2/c1-3-10-21-12-15(14(2)20-21)11-19-9-8-16-13-22-17-6-4-5-7-18(17)23-16/h3-7,12,16,19H,1,8-11,13H2,2H3/t16-/m1/s1. The largest absolute Gasteiger partial charge is 0.486 e. The number of aryl methyl sites for hydroxylation is 1. The topological polar surface area (TPSA) is 48.3 Å². The summed E-state index contributed by atoms with van der Waals surface area (Å²) in [7, 11) is 0. The minimum atomic E-state index is 0.0991. The fourth-order valence-corrected chi connectivity index (χ4v) is 2.65. The molecule has 0 unspecified atom stereocenters. The number of hydrogen-bond acceptors (Lipinski definition) is 4. The summed E-state index contributed by atoms with van der Waals surface area (Å²) in [5.41, 5.74) is 2.28. The first-order chi connectivity index (χ1) is 11.3. The van der Waals surface area contributed by atoms with E-state index in [4.69, 9.17) is 9.47 Å². The van der Waals surface area contributed by atoms with E-state index < -0.39 is 0 Å². The van der Waals surface area contributed by atoms with Crippen LogP contribution in [0.2, 0.25) is 0 Å². The number of nitrogens with zero attached hydrogens (tertiary/aromatic N) is 2. The molecular formula is C18H23N3O2. The minimum Gasteiger partial charge on any atom is -0.486 e. The Bertz CT molecular complexity index is 666. The zero-order valence-corrected chi connectivity index (χ0v) is 13.5. The van der Waals surface area contributed by atoms with Gasteiger partial charge in [0.15, 0.2) is 11.5 Å². The molecule has 0 amide bonds. The number of allylic oxidation sites excluding steroid dienone is 1. The third-order valence-electron chi connectivity index (χ3n) is 3.89. The van der Waals surface area contributed by atoms with Crippen molar-refractivity contribution < 1.29 is 9.47 Å². The molecule has 0 spiro atoms. The number of benzene rings is 1. The van der Waals surface area contributed by atoms with Crippen molar-refractivity contribution in [3.05, 3.63) is 54.4 Å². The SMILES string of the molecule is C=CCn1cc(CNCC[C@@H]2COc3ccccc3O2)c(C)n1. The Morgan fingerprint density at radius 2 is 2.22 bits per heavy atom. The van der Waals surface area contributed by atoms with E-state index in [0.717, 1.165) is 43.2 Å². The Balaban J connectivity index is 1.43. The van der Waals surface area contributed by atoms with Crippen LogP contribution in [-0.4, -0.2) is 29.0 Å². The van der Waals surface area contributed by atoms with E-state index in [1.807, 2.05) is 41.9 Å². The highest BCUT2D eigenvalue weighted by molar-refractivity contribution is 5.40. The second-order valence-corrected chi connectivity index (χ2v) is 5.71. The van der Waals surface area contributed by atoms with Crippen molar-refractivity contribution in [1.29, 1.82) is 0 Å². The minimum absolute atomic E-state index is 0.0991. The van der Waals surface area contributed by atoms with Gasteiger partial charge in [0, 0.05) is 24.7 Å². The normalized spacial score (nSPS) is 16.3. The average Bonchev–Trinajstić information content (AvgIpc) is 2.91. The van der Waals surface area contributed by atoms with Crippen LogP contribution in [0.5, 0.6) is 11.5 Å². The van der Waals surface area contributed by atoms with Gasteiger partial charge in [-0.15, -0.1) is 6.58 Å². The molecule has 1 atom stereocenters. The first kappa shape index (κ1) is 15.6. The number of para-hydroxylation sites is 2. The van der Waals surface area contributed by atoms with Crippen LogP contribution >= 0.6 is 0 Å². The lowest BCUT2D eigenvalue weighted by atomic mass is 10.2. The maximum absolute atomic E-state index is 5.95. The van der Waals surface area contributed by atoms with Crippen molar-refractivity contribution in [2.24, 2.45) is 0 Å². The van der Waals surface area contributed by atoms with Crippen LogP contribution in [0.25, 0.3) is 0 Å². The van der Waals surface area contributed by atoms with Crippen LogP contribution in [0.3, 0.4) is 0 Å². The van der Waals surface area contributed by atoms with Crippen molar-refractivity contribution in [2.45, 2.75) is 32.5 Å². The predicted octanol–water partition coefficient (Wildman–Crippen LogP) is 2.70. The molecule has 2 aromatic rings. The highest BCUT2D eigenvalue weighted by Gasteiger charge is 2.19. The molecule has 0 radical (unpaired) electrons. The highest BCUT2D eigenvalue weighted by Crippen LogP contribution is 2.31. The fraction of sp³-hybridized carbons (Fsp3) is 0.389. The molecule has 5 nitrogen and oxygen atoms in total.